The molecule has 10 heteroatoms. The van der Waals surface area contributed by atoms with Gasteiger partial charge in [0.1, 0.15) is 5.75 Å². The maximum atomic E-state index is 13.8. The first kappa shape index (κ1) is 21.6. The van der Waals surface area contributed by atoms with E-state index in [0.29, 0.717) is 44.5 Å². The molecule has 168 valence electrons. The maximum Gasteiger partial charge on any atom is 0.435 e. The number of nitrogens with one attached hydrogen (secondary N) is 1. The third kappa shape index (κ3) is 4.26. The molecule has 0 bridgehead atoms. The van der Waals surface area contributed by atoms with Crippen molar-refractivity contribution in [1.82, 2.24) is 20.1 Å². The lowest BCUT2D eigenvalue weighted by Gasteiger charge is -2.34. The summed E-state index contributed by atoms with van der Waals surface area (Å²) in [5.41, 5.74) is 0.0948. The lowest BCUT2D eigenvalue weighted by Crippen LogP contribution is -2.41. The molecule has 3 atom stereocenters. The molecule has 4 rings (SSSR count). The number of fused-ring (bicyclic) bond motifs is 1. The number of rotatable bonds is 4. The van der Waals surface area contributed by atoms with Crippen molar-refractivity contribution in [3.8, 4) is 11.4 Å². The van der Waals surface area contributed by atoms with Gasteiger partial charge in [0.15, 0.2) is 5.69 Å². The highest BCUT2D eigenvalue weighted by atomic mass is 19.4. The SMILES string of the molecule is COC(=O)C1CCNCC1CC1CCCc2c(C(F)(F)F)nn(-c3cncc(O)c3)c21. The van der Waals surface area contributed by atoms with Crippen LogP contribution >= 0.6 is 0 Å². The van der Waals surface area contributed by atoms with E-state index in [1.165, 1.54) is 30.3 Å². The molecule has 2 aliphatic rings. The van der Waals surface area contributed by atoms with E-state index in [9.17, 15) is 23.1 Å². The quantitative estimate of drug-likeness (QED) is 0.713. The van der Waals surface area contributed by atoms with Crippen LogP contribution in [-0.2, 0) is 22.1 Å². The van der Waals surface area contributed by atoms with Gasteiger partial charge in [-0.05, 0) is 51.1 Å². The summed E-state index contributed by atoms with van der Waals surface area (Å²) in [6, 6.07) is 1.35. The van der Waals surface area contributed by atoms with E-state index in [1.807, 2.05) is 0 Å². The Bertz CT molecular complexity index is 960. The number of alkyl halides is 3. The Morgan fingerprint density at radius 2 is 2.16 bits per heavy atom. The Morgan fingerprint density at radius 3 is 2.87 bits per heavy atom. The molecule has 0 spiro atoms. The predicted molar refractivity (Wildman–Crippen MR) is 105 cm³/mol. The number of methoxy groups -OCH3 is 1. The van der Waals surface area contributed by atoms with Gasteiger partial charge in [-0.15, -0.1) is 0 Å². The van der Waals surface area contributed by atoms with Crippen LogP contribution in [0.5, 0.6) is 5.75 Å². The lowest BCUT2D eigenvalue weighted by molar-refractivity contribution is -0.148. The molecule has 1 saturated heterocycles. The van der Waals surface area contributed by atoms with E-state index < -0.39 is 11.9 Å². The second-order valence-electron chi connectivity index (χ2n) is 8.23. The third-order valence-electron chi connectivity index (χ3n) is 6.31. The van der Waals surface area contributed by atoms with Crippen molar-refractivity contribution in [2.24, 2.45) is 11.8 Å². The number of carbonyl (C=O) groups excluding carboxylic acids is 1. The number of hydrogen-bond donors (Lipinski definition) is 2. The fourth-order valence-electron chi connectivity index (χ4n) is 4.97. The van der Waals surface area contributed by atoms with Gasteiger partial charge in [-0.2, -0.15) is 18.3 Å². The molecular weight excluding hydrogens is 413 g/mol. The summed E-state index contributed by atoms with van der Waals surface area (Å²) < 4.78 is 47.6. The third-order valence-corrected chi connectivity index (χ3v) is 6.31. The number of carbonyl (C=O) groups is 1. The van der Waals surface area contributed by atoms with Gasteiger partial charge >= 0.3 is 12.1 Å². The molecule has 3 unspecified atom stereocenters. The number of pyridine rings is 1. The molecule has 31 heavy (non-hydrogen) atoms. The zero-order chi connectivity index (χ0) is 22.2. The highest BCUT2D eigenvalue weighted by Crippen LogP contribution is 2.44. The van der Waals surface area contributed by atoms with E-state index in [-0.39, 0.29) is 47.1 Å². The van der Waals surface area contributed by atoms with Crippen LogP contribution in [0.4, 0.5) is 13.2 Å². The Morgan fingerprint density at radius 1 is 1.35 bits per heavy atom. The summed E-state index contributed by atoms with van der Waals surface area (Å²) in [7, 11) is 1.36. The first-order valence-electron chi connectivity index (χ1n) is 10.4. The average Bonchev–Trinajstić information content (AvgIpc) is 3.15. The molecule has 0 radical (unpaired) electrons. The Kier molecular flexibility index (Phi) is 5.92. The van der Waals surface area contributed by atoms with Crippen molar-refractivity contribution in [3.63, 3.8) is 0 Å². The van der Waals surface area contributed by atoms with Crippen molar-refractivity contribution in [3.05, 3.63) is 35.4 Å². The molecule has 2 aromatic heterocycles. The molecular formula is C21H25F3N4O3. The average molecular weight is 438 g/mol. The van der Waals surface area contributed by atoms with Gasteiger partial charge in [-0.3, -0.25) is 9.78 Å². The number of nitrogens with zero attached hydrogens (tertiary/aromatic N) is 3. The zero-order valence-corrected chi connectivity index (χ0v) is 17.2. The van der Waals surface area contributed by atoms with Crippen molar-refractivity contribution in [2.45, 2.75) is 44.2 Å². The zero-order valence-electron chi connectivity index (χ0n) is 17.2. The van der Waals surface area contributed by atoms with Gasteiger partial charge in [0.05, 0.1) is 36.8 Å². The van der Waals surface area contributed by atoms with Crippen LogP contribution in [0.1, 0.15) is 48.6 Å². The summed E-state index contributed by atoms with van der Waals surface area (Å²) in [6.07, 6.45) is 0.822. The van der Waals surface area contributed by atoms with Crippen LogP contribution < -0.4 is 5.32 Å². The molecule has 2 aromatic rings. The fraction of sp³-hybridized carbons (Fsp3) is 0.571. The first-order valence-corrected chi connectivity index (χ1v) is 10.4. The van der Waals surface area contributed by atoms with Crippen LogP contribution in [0.2, 0.25) is 0 Å². The second kappa shape index (κ2) is 8.49. The molecule has 1 aliphatic heterocycles. The molecule has 0 aromatic carbocycles. The molecule has 1 fully saturated rings. The van der Waals surface area contributed by atoms with Gasteiger partial charge in [-0.1, -0.05) is 0 Å². The monoisotopic (exact) mass is 438 g/mol. The van der Waals surface area contributed by atoms with Crippen molar-refractivity contribution in [1.29, 1.82) is 0 Å². The molecule has 3 heterocycles. The lowest BCUT2D eigenvalue weighted by atomic mass is 9.75. The highest BCUT2D eigenvalue weighted by molar-refractivity contribution is 5.72. The first-order chi connectivity index (χ1) is 14.8. The molecule has 0 saturated carbocycles. The number of aromatic hydroxyl groups is 1. The minimum atomic E-state index is -4.58. The van der Waals surface area contributed by atoms with Crippen LogP contribution in [0.15, 0.2) is 18.5 Å². The van der Waals surface area contributed by atoms with E-state index in [0.717, 1.165) is 0 Å². The summed E-state index contributed by atoms with van der Waals surface area (Å²) in [5, 5.41) is 17.0. The van der Waals surface area contributed by atoms with Crippen LogP contribution in [-0.4, -0.2) is 46.0 Å². The summed E-state index contributed by atoms with van der Waals surface area (Å²) in [4.78, 5) is 16.2. The molecule has 7 nitrogen and oxygen atoms in total. The van der Waals surface area contributed by atoms with Gasteiger partial charge < -0.3 is 15.2 Å². The topological polar surface area (TPSA) is 89.3 Å². The van der Waals surface area contributed by atoms with E-state index in [4.69, 9.17) is 4.74 Å². The largest absolute Gasteiger partial charge is 0.506 e. The number of aromatic nitrogens is 3. The van der Waals surface area contributed by atoms with E-state index >= 15 is 0 Å². The predicted octanol–water partition coefficient (Wildman–Crippen LogP) is 3.20. The van der Waals surface area contributed by atoms with E-state index in [1.54, 1.807) is 0 Å². The minimum absolute atomic E-state index is 0.0443. The van der Waals surface area contributed by atoms with Gasteiger partial charge in [0, 0.05) is 17.5 Å². The van der Waals surface area contributed by atoms with Crippen molar-refractivity contribution >= 4 is 5.97 Å². The van der Waals surface area contributed by atoms with Gasteiger partial charge in [0.2, 0.25) is 0 Å². The summed E-state index contributed by atoms with van der Waals surface area (Å²) >= 11 is 0. The smallest absolute Gasteiger partial charge is 0.435 e. The Labute approximate surface area is 177 Å². The second-order valence-corrected chi connectivity index (χ2v) is 8.23. The highest BCUT2D eigenvalue weighted by Gasteiger charge is 2.43. The number of hydrogen-bond acceptors (Lipinski definition) is 6. The number of piperidine rings is 1. The maximum absolute atomic E-state index is 13.8. The van der Waals surface area contributed by atoms with Gasteiger partial charge in [-0.25, -0.2) is 4.68 Å². The Balaban J connectivity index is 1.76. The van der Waals surface area contributed by atoms with Crippen LogP contribution in [0.25, 0.3) is 5.69 Å². The van der Waals surface area contributed by atoms with Crippen molar-refractivity contribution < 1.29 is 27.8 Å². The standard InChI is InChI=1S/C21H25F3N4O3/c1-31-20(30)16-5-6-25-9-13(16)7-12-3-2-4-17-18(12)28(27-19(17)21(22,23)24)14-8-15(29)11-26-10-14/h8,10-13,16,25,29H,2-7,9H2,1H3. The van der Waals surface area contributed by atoms with E-state index in [2.05, 4.69) is 15.4 Å². The molecule has 2 N–H and O–H groups in total. The van der Waals surface area contributed by atoms with Crippen LogP contribution in [0.3, 0.4) is 0 Å². The number of ether oxygens (including phenoxy) is 1. The normalized spacial score (nSPS) is 23.9. The Hall–Kier alpha value is -2.62. The number of halogens is 3. The molecule has 0 amide bonds. The number of esters is 1. The summed E-state index contributed by atoms with van der Waals surface area (Å²) in [6.45, 7) is 1.32. The molecule has 1 aliphatic carbocycles. The minimum Gasteiger partial charge on any atom is -0.506 e. The summed E-state index contributed by atoms with van der Waals surface area (Å²) in [5.74, 6) is -0.949. The van der Waals surface area contributed by atoms with Crippen molar-refractivity contribution in [2.75, 3.05) is 20.2 Å². The fourth-order valence-corrected chi connectivity index (χ4v) is 4.97. The van der Waals surface area contributed by atoms with Crippen LogP contribution in [0, 0.1) is 11.8 Å². The van der Waals surface area contributed by atoms with Gasteiger partial charge in [0.25, 0.3) is 0 Å².